The molecule has 0 aliphatic heterocycles. The van der Waals surface area contributed by atoms with E-state index in [1.54, 1.807) is 20.2 Å². The van der Waals surface area contributed by atoms with Gasteiger partial charge < -0.3 is 9.84 Å². The Balaban J connectivity index is 2.14. The molecule has 0 aliphatic rings. The molecule has 3 heteroatoms. The number of aliphatic hydroxyl groups is 1. The van der Waals surface area contributed by atoms with Crippen molar-refractivity contribution in [2.24, 2.45) is 0 Å². The molecule has 3 rings (SSSR count). The van der Waals surface area contributed by atoms with Crippen LogP contribution in [-0.4, -0.2) is 17.2 Å². The molecule has 0 spiro atoms. The Kier molecular flexibility index (Phi) is 3.35. The van der Waals surface area contributed by atoms with Crippen LogP contribution in [0.1, 0.15) is 18.1 Å². The number of hydrogen-bond donors (Lipinski definition) is 1. The number of ether oxygens (including phenoxy) is 1. The molecule has 1 unspecified atom stereocenters. The molecule has 1 atom stereocenters. The zero-order valence-corrected chi connectivity index (χ0v) is 12.1. The Morgan fingerprint density at radius 1 is 1.00 bits per heavy atom. The summed E-state index contributed by atoms with van der Waals surface area (Å²) in [7, 11) is 1.63. The molecule has 1 N–H and O–H groups in total. The van der Waals surface area contributed by atoms with Gasteiger partial charge in [-0.3, -0.25) is 4.98 Å². The maximum absolute atomic E-state index is 11.1. The van der Waals surface area contributed by atoms with E-state index in [0.717, 1.165) is 27.8 Å². The first kappa shape index (κ1) is 13.6. The normalized spacial score (nSPS) is 13.9. The molecule has 0 amide bonds. The van der Waals surface area contributed by atoms with Gasteiger partial charge in [-0.1, -0.05) is 30.3 Å². The fourth-order valence-corrected chi connectivity index (χ4v) is 2.60. The smallest absolute Gasteiger partial charge is 0.118 e. The highest BCUT2D eigenvalue weighted by Gasteiger charge is 2.27. The van der Waals surface area contributed by atoms with Crippen molar-refractivity contribution >= 4 is 10.9 Å². The number of methoxy groups -OCH3 is 1. The zero-order chi connectivity index (χ0) is 14.9. The summed E-state index contributed by atoms with van der Waals surface area (Å²) in [6.45, 7) is 1.80. The minimum absolute atomic E-state index is 0.772. The second-order valence-electron chi connectivity index (χ2n) is 5.18. The Labute approximate surface area is 123 Å². The van der Waals surface area contributed by atoms with Gasteiger partial charge in [0.15, 0.2) is 0 Å². The molecule has 0 bridgehead atoms. The monoisotopic (exact) mass is 279 g/mol. The highest BCUT2D eigenvalue weighted by atomic mass is 16.5. The predicted octanol–water partition coefficient (Wildman–Crippen LogP) is 3.50. The van der Waals surface area contributed by atoms with Crippen LogP contribution in [0, 0.1) is 0 Å². The largest absolute Gasteiger partial charge is 0.497 e. The number of nitrogens with zero attached hydrogens (tertiary/aromatic N) is 1. The van der Waals surface area contributed by atoms with Crippen LogP contribution >= 0.6 is 0 Å². The first-order chi connectivity index (χ1) is 10.1. The van der Waals surface area contributed by atoms with Crippen molar-refractivity contribution in [2.75, 3.05) is 7.11 Å². The highest BCUT2D eigenvalue weighted by molar-refractivity contribution is 5.83. The Morgan fingerprint density at radius 3 is 2.48 bits per heavy atom. The average molecular weight is 279 g/mol. The zero-order valence-electron chi connectivity index (χ0n) is 12.1. The van der Waals surface area contributed by atoms with Crippen molar-refractivity contribution in [3.05, 3.63) is 71.9 Å². The Morgan fingerprint density at radius 2 is 1.76 bits per heavy atom. The maximum atomic E-state index is 11.1. The van der Waals surface area contributed by atoms with Crippen LogP contribution in [0.15, 0.2) is 60.8 Å². The van der Waals surface area contributed by atoms with Crippen LogP contribution in [0.5, 0.6) is 5.75 Å². The van der Waals surface area contributed by atoms with Gasteiger partial charge in [0.1, 0.15) is 11.4 Å². The van der Waals surface area contributed by atoms with Crippen molar-refractivity contribution in [3.8, 4) is 5.75 Å². The third-order valence-corrected chi connectivity index (χ3v) is 3.82. The van der Waals surface area contributed by atoms with Gasteiger partial charge in [-0.05, 0) is 42.3 Å². The van der Waals surface area contributed by atoms with Gasteiger partial charge in [-0.15, -0.1) is 0 Å². The number of fused-ring (bicyclic) bond motifs is 1. The summed E-state index contributed by atoms with van der Waals surface area (Å²) < 4.78 is 5.17. The number of benzene rings is 2. The van der Waals surface area contributed by atoms with E-state index in [0.29, 0.717) is 0 Å². The van der Waals surface area contributed by atoms with Crippen LogP contribution in [-0.2, 0) is 5.60 Å². The summed E-state index contributed by atoms with van der Waals surface area (Å²) in [5.41, 5.74) is 1.45. The SMILES string of the molecule is COc1ccc(C(C)(O)c2cccc3ncccc23)cc1. The number of aromatic nitrogens is 1. The van der Waals surface area contributed by atoms with Gasteiger partial charge in [-0.25, -0.2) is 0 Å². The van der Waals surface area contributed by atoms with E-state index in [1.165, 1.54) is 0 Å². The van der Waals surface area contributed by atoms with E-state index in [9.17, 15) is 5.11 Å². The quantitative estimate of drug-likeness (QED) is 0.798. The summed E-state index contributed by atoms with van der Waals surface area (Å²) in [5, 5.41) is 12.0. The van der Waals surface area contributed by atoms with Crippen molar-refractivity contribution in [2.45, 2.75) is 12.5 Å². The van der Waals surface area contributed by atoms with E-state index in [2.05, 4.69) is 4.98 Å². The average Bonchev–Trinajstić information content (AvgIpc) is 2.54. The van der Waals surface area contributed by atoms with E-state index >= 15 is 0 Å². The van der Waals surface area contributed by atoms with Gasteiger partial charge >= 0.3 is 0 Å². The molecular formula is C18H17NO2. The lowest BCUT2D eigenvalue weighted by Gasteiger charge is -2.26. The molecule has 0 aliphatic carbocycles. The molecular weight excluding hydrogens is 262 g/mol. The van der Waals surface area contributed by atoms with Gasteiger partial charge in [0.05, 0.1) is 12.6 Å². The molecule has 0 fully saturated rings. The van der Waals surface area contributed by atoms with Crippen LogP contribution < -0.4 is 4.74 Å². The Bertz CT molecular complexity index is 758. The van der Waals surface area contributed by atoms with E-state index in [4.69, 9.17) is 4.74 Å². The molecule has 0 saturated heterocycles. The topological polar surface area (TPSA) is 42.4 Å². The van der Waals surface area contributed by atoms with E-state index < -0.39 is 5.60 Å². The van der Waals surface area contributed by atoms with Crippen molar-refractivity contribution < 1.29 is 9.84 Å². The molecule has 2 aromatic carbocycles. The maximum Gasteiger partial charge on any atom is 0.118 e. The highest BCUT2D eigenvalue weighted by Crippen LogP contribution is 2.34. The number of hydrogen-bond acceptors (Lipinski definition) is 3. The second kappa shape index (κ2) is 5.19. The number of pyridine rings is 1. The van der Waals surface area contributed by atoms with Crippen molar-refractivity contribution in [1.82, 2.24) is 4.98 Å². The van der Waals surface area contributed by atoms with Crippen molar-refractivity contribution in [3.63, 3.8) is 0 Å². The molecule has 3 aromatic rings. The molecule has 3 nitrogen and oxygen atoms in total. The fraction of sp³-hybridized carbons (Fsp3) is 0.167. The van der Waals surface area contributed by atoms with Gasteiger partial charge in [0.25, 0.3) is 0 Å². The van der Waals surface area contributed by atoms with E-state index in [1.807, 2.05) is 54.6 Å². The molecule has 1 heterocycles. The summed E-state index contributed by atoms with van der Waals surface area (Å²) in [6, 6.07) is 17.1. The summed E-state index contributed by atoms with van der Waals surface area (Å²) in [6.07, 6.45) is 1.76. The predicted molar refractivity (Wildman–Crippen MR) is 83.4 cm³/mol. The summed E-state index contributed by atoms with van der Waals surface area (Å²) in [4.78, 5) is 4.35. The first-order valence-electron chi connectivity index (χ1n) is 6.84. The molecule has 1 aromatic heterocycles. The molecule has 0 radical (unpaired) electrons. The Hall–Kier alpha value is -2.39. The van der Waals surface area contributed by atoms with Crippen molar-refractivity contribution in [1.29, 1.82) is 0 Å². The lowest BCUT2D eigenvalue weighted by atomic mass is 9.86. The van der Waals surface area contributed by atoms with Crippen LogP contribution in [0.25, 0.3) is 10.9 Å². The summed E-state index contributed by atoms with van der Waals surface area (Å²) in [5.74, 6) is 0.772. The minimum atomic E-state index is -1.09. The molecule has 21 heavy (non-hydrogen) atoms. The standard InChI is InChI=1S/C18H17NO2/c1-18(20,13-8-10-14(21-2)11-9-13)16-6-3-7-17-15(16)5-4-12-19-17/h3-12,20H,1-2H3. The van der Waals surface area contributed by atoms with Crippen LogP contribution in [0.2, 0.25) is 0 Å². The number of rotatable bonds is 3. The van der Waals surface area contributed by atoms with Crippen LogP contribution in [0.4, 0.5) is 0 Å². The van der Waals surface area contributed by atoms with Gasteiger partial charge in [-0.2, -0.15) is 0 Å². The van der Waals surface area contributed by atoms with Gasteiger partial charge in [0, 0.05) is 11.6 Å². The third-order valence-electron chi connectivity index (χ3n) is 3.82. The van der Waals surface area contributed by atoms with E-state index in [-0.39, 0.29) is 0 Å². The molecule has 0 saturated carbocycles. The molecule has 106 valence electrons. The summed E-state index contributed by atoms with van der Waals surface area (Å²) >= 11 is 0. The van der Waals surface area contributed by atoms with Crippen LogP contribution in [0.3, 0.4) is 0 Å². The van der Waals surface area contributed by atoms with Gasteiger partial charge in [0.2, 0.25) is 0 Å². The third kappa shape index (κ3) is 2.36. The fourth-order valence-electron chi connectivity index (χ4n) is 2.60. The first-order valence-corrected chi connectivity index (χ1v) is 6.84. The lowest BCUT2D eigenvalue weighted by molar-refractivity contribution is 0.104. The minimum Gasteiger partial charge on any atom is -0.497 e. The lowest BCUT2D eigenvalue weighted by Crippen LogP contribution is -2.23. The second-order valence-corrected chi connectivity index (χ2v) is 5.18.